The first-order valence-electron chi connectivity index (χ1n) is 6.77. The minimum atomic E-state index is 0.541. The fraction of sp³-hybridized carbons (Fsp3) is 0.714. The highest BCUT2D eigenvalue weighted by Crippen LogP contribution is 2.49. The van der Waals surface area contributed by atoms with Gasteiger partial charge in [-0.05, 0) is 50.9 Å². The van der Waals surface area contributed by atoms with Gasteiger partial charge in [0.15, 0.2) is 0 Å². The van der Waals surface area contributed by atoms with E-state index in [0.29, 0.717) is 6.04 Å². The molecule has 0 saturated heterocycles. The van der Waals surface area contributed by atoms with E-state index in [1.54, 1.807) is 6.33 Å². The van der Waals surface area contributed by atoms with Gasteiger partial charge in [-0.15, -0.1) is 0 Å². The second-order valence-corrected chi connectivity index (χ2v) is 5.82. The van der Waals surface area contributed by atoms with Crippen molar-refractivity contribution in [3.8, 4) is 0 Å². The zero-order valence-corrected chi connectivity index (χ0v) is 10.7. The molecule has 0 amide bonds. The van der Waals surface area contributed by atoms with Crippen LogP contribution >= 0.6 is 0 Å². The van der Waals surface area contributed by atoms with Crippen molar-refractivity contribution in [1.29, 1.82) is 0 Å². The van der Waals surface area contributed by atoms with E-state index >= 15 is 0 Å². The summed E-state index contributed by atoms with van der Waals surface area (Å²) >= 11 is 0. The smallest absolute Gasteiger partial charge is 0.129 e. The number of hydrogen-bond donors (Lipinski definition) is 1. The van der Waals surface area contributed by atoms with Crippen LogP contribution in [0.15, 0.2) is 12.4 Å². The summed E-state index contributed by atoms with van der Waals surface area (Å²) in [5, 5.41) is 3.56. The maximum atomic E-state index is 4.29. The Labute approximate surface area is 103 Å². The second-order valence-electron chi connectivity index (χ2n) is 5.82. The molecule has 1 heterocycles. The summed E-state index contributed by atoms with van der Waals surface area (Å²) in [6.07, 6.45) is 7.46. The van der Waals surface area contributed by atoms with Crippen LogP contribution in [0, 0.1) is 24.7 Å². The topological polar surface area (TPSA) is 37.8 Å². The van der Waals surface area contributed by atoms with E-state index in [9.17, 15) is 0 Å². The van der Waals surface area contributed by atoms with Crippen molar-refractivity contribution in [2.24, 2.45) is 17.8 Å². The SMILES string of the molecule is Cc1cc(NC(C)C2CC3CCC2C3)ncn1. The Morgan fingerprint density at radius 2 is 2.18 bits per heavy atom. The summed E-state index contributed by atoms with van der Waals surface area (Å²) < 4.78 is 0. The van der Waals surface area contributed by atoms with Crippen LogP contribution in [0.25, 0.3) is 0 Å². The molecule has 4 unspecified atom stereocenters. The van der Waals surface area contributed by atoms with Gasteiger partial charge in [0.25, 0.3) is 0 Å². The molecule has 0 aromatic carbocycles. The van der Waals surface area contributed by atoms with Crippen molar-refractivity contribution in [3.63, 3.8) is 0 Å². The first-order chi connectivity index (χ1) is 8.22. The van der Waals surface area contributed by atoms with E-state index in [4.69, 9.17) is 0 Å². The van der Waals surface area contributed by atoms with Gasteiger partial charge in [0.05, 0.1) is 0 Å². The molecule has 17 heavy (non-hydrogen) atoms. The predicted molar refractivity (Wildman–Crippen MR) is 68.8 cm³/mol. The van der Waals surface area contributed by atoms with E-state index in [2.05, 4.69) is 22.2 Å². The molecule has 2 bridgehead atoms. The predicted octanol–water partition coefficient (Wildman–Crippen LogP) is 3.02. The summed E-state index contributed by atoms with van der Waals surface area (Å²) in [5.41, 5.74) is 1.03. The second kappa shape index (κ2) is 4.28. The van der Waals surface area contributed by atoms with Crippen LogP contribution in [0.3, 0.4) is 0 Å². The van der Waals surface area contributed by atoms with Gasteiger partial charge in [0.1, 0.15) is 12.1 Å². The number of nitrogens with one attached hydrogen (secondary N) is 1. The first-order valence-corrected chi connectivity index (χ1v) is 6.77. The van der Waals surface area contributed by atoms with Crippen molar-refractivity contribution >= 4 is 5.82 Å². The van der Waals surface area contributed by atoms with Crippen LogP contribution in [-0.4, -0.2) is 16.0 Å². The highest BCUT2D eigenvalue weighted by atomic mass is 15.0. The number of aromatic nitrogens is 2. The van der Waals surface area contributed by atoms with Crippen LogP contribution in [0.4, 0.5) is 5.82 Å². The van der Waals surface area contributed by atoms with Crippen molar-refractivity contribution in [2.75, 3.05) is 5.32 Å². The molecule has 1 aromatic rings. The standard InChI is InChI=1S/C14H21N3/c1-9-5-14(16-8-15-9)17-10(2)13-7-11-3-4-12(13)6-11/h5,8,10-13H,3-4,6-7H2,1-2H3,(H,15,16,17). The quantitative estimate of drug-likeness (QED) is 0.869. The molecular formula is C14H21N3. The van der Waals surface area contributed by atoms with Crippen LogP contribution in [0.1, 0.15) is 38.3 Å². The fourth-order valence-electron chi connectivity index (χ4n) is 3.78. The van der Waals surface area contributed by atoms with E-state index in [1.807, 2.05) is 13.0 Å². The largest absolute Gasteiger partial charge is 0.367 e. The van der Waals surface area contributed by atoms with Gasteiger partial charge in [-0.2, -0.15) is 0 Å². The maximum Gasteiger partial charge on any atom is 0.129 e. The van der Waals surface area contributed by atoms with Crippen molar-refractivity contribution in [1.82, 2.24) is 9.97 Å². The van der Waals surface area contributed by atoms with E-state index < -0.39 is 0 Å². The zero-order valence-electron chi connectivity index (χ0n) is 10.7. The molecule has 3 heteroatoms. The molecule has 2 aliphatic carbocycles. The van der Waals surface area contributed by atoms with Gasteiger partial charge in [-0.25, -0.2) is 9.97 Å². The van der Waals surface area contributed by atoms with Gasteiger partial charge < -0.3 is 5.32 Å². The molecule has 3 nitrogen and oxygen atoms in total. The molecule has 1 N–H and O–H groups in total. The summed E-state index contributed by atoms with van der Waals surface area (Å²) in [4.78, 5) is 8.42. The lowest BCUT2D eigenvalue weighted by Gasteiger charge is -2.28. The van der Waals surface area contributed by atoms with Crippen LogP contribution in [0.5, 0.6) is 0 Å². The third kappa shape index (κ3) is 2.15. The first kappa shape index (κ1) is 11.0. The van der Waals surface area contributed by atoms with E-state index in [1.165, 1.54) is 25.7 Å². The lowest BCUT2D eigenvalue weighted by molar-refractivity contribution is 0.304. The molecule has 4 atom stereocenters. The molecule has 2 fully saturated rings. The lowest BCUT2D eigenvalue weighted by Crippen LogP contribution is -2.30. The number of anilines is 1. The Balaban J connectivity index is 1.65. The molecule has 92 valence electrons. The molecule has 0 spiro atoms. The van der Waals surface area contributed by atoms with Gasteiger partial charge in [0, 0.05) is 17.8 Å². The van der Waals surface area contributed by atoms with Crippen LogP contribution < -0.4 is 5.32 Å². The average molecular weight is 231 g/mol. The van der Waals surface area contributed by atoms with Gasteiger partial charge in [-0.3, -0.25) is 0 Å². The number of fused-ring (bicyclic) bond motifs is 2. The Morgan fingerprint density at radius 1 is 1.29 bits per heavy atom. The highest BCUT2D eigenvalue weighted by molar-refractivity contribution is 5.35. The van der Waals surface area contributed by atoms with Crippen LogP contribution in [0.2, 0.25) is 0 Å². The minimum Gasteiger partial charge on any atom is -0.367 e. The normalized spacial score (nSPS) is 32.7. The Hall–Kier alpha value is -1.12. The summed E-state index contributed by atoms with van der Waals surface area (Å²) in [6.45, 7) is 4.32. The molecule has 0 radical (unpaired) electrons. The summed E-state index contributed by atoms with van der Waals surface area (Å²) in [6, 6.07) is 2.57. The van der Waals surface area contributed by atoms with E-state index in [-0.39, 0.29) is 0 Å². The summed E-state index contributed by atoms with van der Waals surface area (Å²) in [7, 11) is 0. The lowest BCUT2D eigenvalue weighted by atomic mass is 9.84. The van der Waals surface area contributed by atoms with Gasteiger partial charge in [-0.1, -0.05) is 6.42 Å². The Morgan fingerprint density at radius 3 is 2.82 bits per heavy atom. The highest BCUT2D eigenvalue weighted by Gasteiger charge is 2.41. The molecule has 0 aliphatic heterocycles. The number of aryl methyl sites for hydroxylation is 1. The Bertz CT molecular complexity index is 404. The van der Waals surface area contributed by atoms with Crippen molar-refractivity contribution in [3.05, 3.63) is 18.1 Å². The van der Waals surface area contributed by atoms with Gasteiger partial charge >= 0.3 is 0 Å². The van der Waals surface area contributed by atoms with Crippen molar-refractivity contribution < 1.29 is 0 Å². The number of rotatable bonds is 3. The van der Waals surface area contributed by atoms with E-state index in [0.717, 1.165) is 29.3 Å². The summed E-state index contributed by atoms with van der Waals surface area (Å²) in [5.74, 6) is 3.81. The number of hydrogen-bond acceptors (Lipinski definition) is 3. The van der Waals surface area contributed by atoms with Gasteiger partial charge in [0.2, 0.25) is 0 Å². The molecule has 3 rings (SSSR count). The average Bonchev–Trinajstić information content (AvgIpc) is 2.90. The van der Waals surface area contributed by atoms with Crippen LogP contribution in [-0.2, 0) is 0 Å². The monoisotopic (exact) mass is 231 g/mol. The Kier molecular flexibility index (Phi) is 2.77. The number of nitrogens with zero attached hydrogens (tertiary/aromatic N) is 2. The molecular weight excluding hydrogens is 210 g/mol. The fourth-order valence-corrected chi connectivity index (χ4v) is 3.78. The minimum absolute atomic E-state index is 0.541. The molecule has 1 aromatic heterocycles. The third-order valence-corrected chi connectivity index (χ3v) is 4.61. The van der Waals surface area contributed by atoms with Crippen molar-refractivity contribution in [2.45, 2.75) is 45.6 Å². The zero-order chi connectivity index (χ0) is 11.8. The molecule has 2 aliphatic rings. The molecule has 2 saturated carbocycles. The third-order valence-electron chi connectivity index (χ3n) is 4.61. The maximum absolute atomic E-state index is 4.29.